The van der Waals surface area contributed by atoms with Gasteiger partial charge in [0, 0.05) is 36.2 Å². The molecule has 26 heavy (non-hydrogen) atoms. The third-order valence-corrected chi connectivity index (χ3v) is 3.94. The highest BCUT2D eigenvalue weighted by Gasteiger charge is 2.10. The molecule has 0 atom stereocenters. The van der Waals surface area contributed by atoms with Crippen molar-refractivity contribution in [2.24, 2.45) is 0 Å². The standard InChI is InChI=1S/C20H22N4O2/c1-14-12-19(22-15-10-11-17(25-3)18(13-15)26-4)23-20(21-14)24(2)16-8-6-5-7-9-16/h5-13H,1-4H3,(H,21,22,23). The summed E-state index contributed by atoms with van der Waals surface area (Å²) in [5, 5.41) is 3.30. The van der Waals surface area contributed by atoms with Gasteiger partial charge < -0.3 is 19.7 Å². The van der Waals surface area contributed by atoms with Gasteiger partial charge in [0.15, 0.2) is 11.5 Å². The maximum atomic E-state index is 5.35. The Kier molecular flexibility index (Phi) is 5.22. The van der Waals surface area contributed by atoms with Gasteiger partial charge >= 0.3 is 0 Å². The summed E-state index contributed by atoms with van der Waals surface area (Å²) in [5.41, 5.74) is 2.75. The van der Waals surface area contributed by atoms with E-state index in [4.69, 9.17) is 9.47 Å². The second-order valence-electron chi connectivity index (χ2n) is 5.78. The third-order valence-electron chi connectivity index (χ3n) is 3.94. The molecule has 0 fully saturated rings. The number of methoxy groups -OCH3 is 2. The molecule has 0 unspecified atom stereocenters. The molecule has 0 saturated carbocycles. The third kappa shape index (κ3) is 3.85. The highest BCUT2D eigenvalue weighted by molar-refractivity contribution is 5.64. The Morgan fingerprint density at radius 1 is 0.885 bits per heavy atom. The molecule has 3 aromatic rings. The fourth-order valence-electron chi connectivity index (χ4n) is 2.60. The first kappa shape index (κ1) is 17.5. The van der Waals surface area contributed by atoms with Crippen LogP contribution in [0.15, 0.2) is 54.6 Å². The van der Waals surface area contributed by atoms with Gasteiger partial charge in [-0.15, -0.1) is 0 Å². The number of benzene rings is 2. The van der Waals surface area contributed by atoms with Crippen LogP contribution in [-0.2, 0) is 0 Å². The van der Waals surface area contributed by atoms with E-state index in [9.17, 15) is 0 Å². The Bertz CT molecular complexity index is 884. The summed E-state index contributed by atoms with van der Waals surface area (Å²) in [6, 6.07) is 17.6. The van der Waals surface area contributed by atoms with E-state index in [0.29, 0.717) is 23.3 Å². The zero-order valence-corrected chi connectivity index (χ0v) is 15.4. The Hall–Kier alpha value is -3.28. The summed E-state index contributed by atoms with van der Waals surface area (Å²) in [6.07, 6.45) is 0. The maximum Gasteiger partial charge on any atom is 0.231 e. The van der Waals surface area contributed by atoms with Crippen LogP contribution in [0.2, 0.25) is 0 Å². The first-order valence-electron chi connectivity index (χ1n) is 8.24. The molecule has 134 valence electrons. The lowest BCUT2D eigenvalue weighted by atomic mass is 10.2. The number of hydrogen-bond donors (Lipinski definition) is 1. The predicted octanol–water partition coefficient (Wildman–Crippen LogP) is 4.31. The number of anilines is 4. The molecule has 6 nitrogen and oxygen atoms in total. The Morgan fingerprint density at radius 2 is 1.62 bits per heavy atom. The van der Waals surface area contributed by atoms with Gasteiger partial charge in [0.2, 0.25) is 5.95 Å². The highest BCUT2D eigenvalue weighted by Crippen LogP contribution is 2.31. The fourth-order valence-corrected chi connectivity index (χ4v) is 2.60. The molecule has 0 spiro atoms. The van der Waals surface area contributed by atoms with Gasteiger partial charge in [-0.1, -0.05) is 18.2 Å². The van der Waals surface area contributed by atoms with Gasteiger partial charge in [-0.3, -0.25) is 0 Å². The lowest BCUT2D eigenvalue weighted by Gasteiger charge is -2.18. The van der Waals surface area contributed by atoms with E-state index in [1.54, 1.807) is 14.2 Å². The van der Waals surface area contributed by atoms with Crippen LogP contribution in [0.3, 0.4) is 0 Å². The van der Waals surface area contributed by atoms with Gasteiger partial charge in [0.25, 0.3) is 0 Å². The molecule has 1 N–H and O–H groups in total. The Morgan fingerprint density at radius 3 is 2.31 bits per heavy atom. The summed E-state index contributed by atoms with van der Waals surface area (Å²) in [6.45, 7) is 1.95. The molecule has 0 saturated heterocycles. The summed E-state index contributed by atoms with van der Waals surface area (Å²) >= 11 is 0. The molecular weight excluding hydrogens is 328 g/mol. The Balaban J connectivity index is 1.88. The van der Waals surface area contributed by atoms with Gasteiger partial charge in [-0.25, -0.2) is 4.98 Å². The number of ether oxygens (including phenoxy) is 2. The normalized spacial score (nSPS) is 10.3. The maximum absolute atomic E-state index is 5.35. The molecule has 2 aromatic carbocycles. The molecule has 0 aliphatic rings. The lowest BCUT2D eigenvalue weighted by molar-refractivity contribution is 0.355. The first-order chi connectivity index (χ1) is 12.6. The number of nitrogens with zero attached hydrogens (tertiary/aromatic N) is 3. The van der Waals surface area contributed by atoms with Crippen LogP contribution in [0.25, 0.3) is 0 Å². The van der Waals surface area contributed by atoms with Crippen molar-refractivity contribution in [3.05, 3.63) is 60.3 Å². The van der Waals surface area contributed by atoms with E-state index in [1.165, 1.54) is 0 Å². The van der Waals surface area contributed by atoms with E-state index in [-0.39, 0.29) is 0 Å². The number of aromatic nitrogens is 2. The van der Waals surface area contributed by atoms with E-state index < -0.39 is 0 Å². The molecular formula is C20H22N4O2. The number of nitrogens with one attached hydrogen (secondary N) is 1. The molecule has 3 rings (SSSR count). The number of rotatable bonds is 6. The van der Waals surface area contributed by atoms with Gasteiger partial charge in [-0.2, -0.15) is 4.98 Å². The van der Waals surface area contributed by atoms with Crippen molar-refractivity contribution in [2.75, 3.05) is 31.5 Å². The van der Waals surface area contributed by atoms with Crippen molar-refractivity contribution in [3.63, 3.8) is 0 Å². The largest absolute Gasteiger partial charge is 0.493 e. The van der Waals surface area contributed by atoms with Gasteiger partial charge in [-0.05, 0) is 31.2 Å². The second-order valence-corrected chi connectivity index (χ2v) is 5.78. The number of para-hydroxylation sites is 1. The molecule has 0 amide bonds. The van der Waals surface area contributed by atoms with Crippen molar-refractivity contribution < 1.29 is 9.47 Å². The van der Waals surface area contributed by atoms with E-state index >= 15 is 0 Å². The smallest absolute Gasteiger partial charge is 0.231 e. The van der Waals surface area contributed by atoms with Crippen molar-refractivity contribution >= 4 is 23.1 Å². The van der Waals surface area contributed by atoms with Gasteiger partial charge in [0.05, 0.1) is 14.2 Å². The minimum atomic E-state index is 0.624. The zero-order chi connectivity index (χ0) is 18.5. The molecule has 0 bridgehead atoms. The molecule has 0 aliphatic carbocycles. The van der Waals surface area contributed by atoms with Crippen LogP contribution in [0.1, 0.15) is 5.69 Å². The monoisotopic (exact) mass is 350 g/mol. The average molecular weight is 350 g/mol. The molecule has 6 heteroatoms. The highest BCUT2D eigenvalue weighted by atomic mass is 16.5. The minimum absolute atomic E-state index is 0.624. The second kappa shape index (κ2) is 7.74. The zero-order valence-electron chi connectivity index (χ0n) is 15.4. The van der Waals surface area contributed by atoms with Crippen LogP contribution in [0.5, 0.6) is 11.5 Å². The lowest BCUT2D eigenvalue weighted by Crippen LogP contribution is -2.14. The SMILES string of the molecule is COc1ccc(Nc2cc(C)nc(N(C)c3ccccc3)n2)cc1OC. The molecule has 1 aromatic heterocycles. The van der Waals surface area contributed by atoms with Crippen molar-refractivity contribution in [2.45, 2.75) is 6.92 Å². The van der Waals surface area contributed by atoms with Crippen LogP contribution < -0.4 is 19.7 Å². The predicted molar refractivity (Wildman–Crippen MR) is 104 cm³/mol. The van der Waals surface area contributed by atoms with Gasteiger partial charge in [0.1, 0.15) is 5.82 Å². The summed E-state index contributed by atoms with van der Waals surface area (Å²) in [7, 11) is 5.18. The Labute approximate surface area is 153 Å². The number of aryl methyl sites for hydroxylation is 1. The quantitative estimate of drug-likeness (QED) is 0.715. The van der Waals surface area contributed by atoms with E-state index in [1.807, 2.05) is 73.5 Å². The van der Waals surface area contributed by atoms with E-state index in [0.717, 1.165) is 17.1 Å². The van der Waals surface area contributed by atoms with Crippen LogP contribution in [-0.4, -0.2) is 31.2 Å². The summed E-state index contributed by atoms with van der Waals surface area (Å²) in [5.74, 6) is 2.67. The number of hydrogen-bond acceptors (Lipinski definition) is 6. The van der Waals surface area contributed by atoms with Crippen LogP contribution in [0.4, 0.5) is 23.1 Å². The minimum Gasteiger partial charge on any atom is -0.493 e. The summed E-state index contributed by atoms with van der Waals surface area (Å²) < 4.78 is 10.6. The van der Waals surface area contributed by atoms with Crippen LogP contribution >= 0.6 is 0 Å². The fraction of sp³-hybridized carbons (Fsp3) is 0.200. The topological polar surface area (TPSA) is 59.5 Å². The van der Waals surface area contributed by atoms with Crippen molar-refractivity contribution in [3.8, 4) is 11.5 Å². The molecule has 0 radical (unpaired) electrons. The first-order valence-corrected chi connectivity index (χ1v) is 8.24. The average Bonchev–Trinajstić information content (AvgIpc) is 2.67. The molecule has 0 aliphatic heterocycles. The molecule has 1 heterocycles. The van der Waals surface area contributed by atoms with E-state index in [2.05, 4.69) is 15.3 Å². The van der Waals surface area contributed by atoms with Crippen molar-refractivity contribution in [1.82, 2.24) is 9.97 Å². The summed E-state index contributed by atoms with van der Waals surface area (Å²) in [4.78, 5) is 11.1. The van der Waals surface area contributed by atoms with Crippen LogP contribution in [0, 0.1) is 6.92 Å². The van der Waals surface area contributed by atoms with Crippen molar-refractivity contribution in [1.29, 1.82) is 0 Å².